The van der Waals surface area contributed by atoms with Crippen LogP contribution < -0.4 is 4.90 Å². The number of thiazole rings is 1. The number of ketones is 1. The Hall–Kier alpha value is -3.97. The van der Waals surface area contributed by atoms with Gasteiger partial charge in [0.25, 0.3) is 5.78 Å². The van der Waals surface area contributed by atoms with Crippen molar-refractivity contribution in [2.75, 3.05) is 4.90 Å². The van der Waals surface area contributed by atoms with Crippen molar-refractivity contribution in [1.82, 2.24) is 4.98 Å². The first-order valence-electron chi connectivity index (χ1n) is 10.8. The van der Waals surface area contributed by atoms with Gasteiger partial charge in [0.15, 0.2) is 5.13 Å². The molecular weight excluding hydrogens is 448 g/mol. The quantitative estimate of drug-likeness (QED) is 0.233. The van der Waals surface area contributed by atoms with Gasteiger partial charge in [-0.3, -0.25) is 14.5 Å². The smallest absolute Gasteiger partial charge is 0.301 e. The number of aliphatic hydroxyl groups excluding tert-OH is 1. The molecular formula is C27H22N2O4S. The number of carbonyl (C=O) groups is 2. The van der Waals surface area contributed by atoms with E-state index in [0.717, 1.165) is 26.9 Å². The summed E-state index contributed by atoms with van der Waals surface area (Å²) < 4.78 is 0.914. The third-order valence-corrected chi connectivity index (χ3v) is 7.00. The molecule has 0 saturated carbocycles. The second kappa shape index (κ2) is 8.11. The third kappa shape index (κ3) is 3.54. The number of aromatic nitrogens is 1. The Labute approximate surface area is 200 Å². The molecule has 0 aliphatic carbocycles. The first-order chi connectivity index (χ1) is 16.2. The van der Waals surface area contributed by atoms with E-state index in [1.54, 1.807) is 24.3 Å². The van der Waals surface area contributed by atoms with E-state index >= 15 is 0 Å². The molecule has 2 N–H and O–H groups in total. The standard InChI is InChI=1S/C27H22N2O4S/c1-14-4-6-18(7-5-14)24(31)21-23(17-8-10-19(30)11-9-17)29(26(33)25(21)32)27-28-22-16(3)12-15(2)13-20(22)34-27/h4-13,23,30-31H,1-3H3/b24-21+. The number of hydrogen-bond donors (Lipinski definition) is 2. The maximum Gasteiger partial charge on any atom is 0.301 e. The van der Waals surface area contributed by atoms with Crippen LogP contribution in [-0.4, -0.2) is 26.9 Å². The maximum atomic E-state index is 13.3. The number of carbonyl (C=O) groups excluding carboxylic acids is 2. The summed E-state index contributed by atoms with van der Waals surface area (Å²) in [6.45, 7) is 5.88. The van der Waals surface area contributed by atoms with Gasteiger partial charge in [0, 0.05) is 5.56 Å². The minimum absolute atomic E-state index is 0.00768. The average molecular weight is 471 g/mol. The highest BCUT2D eigenvalue weighted by Crippen LogP contribution is 2.45. The first kappa shape index (κ1) is 21.9. The number of phenols is 1. The molecule has 0 bridgehead atoms. The fourth-order valence-electron chi connectivity index (χ4n) is 4.33. The lowest BCUT2D eigenvalue weighted by Crippen LogP contribution is -2.29. The van der Waals surface area contributed by atoms with Crippen molar-refractivity contribution in [3.63, 3.8) is 0 Å². The van der Waals surface area contributed by atoms with E-state index in [4.69, 9.17) is 4.98 Å². The van der Waals surface area contributed by atoms with Crippen LogP contribution in [0.25, 0.3) is 16.0 Å². The van der Waals surface area contributed by atoms with Crippen LogP contribution >= 0.6 is 11.3 Å². The van der Waals surface area contributed by atoms with Crippen LogP contribution in [0.4, 0.5) is 5.13 Å². The Morgan fingerprint density at radius 2 is 1.62 bits per heavy atom. The van der Waals surface area contributed by atoms with E-state index in [9.17, 15) is 19.8 Å². The Kier molecular flexibility index (Phi) is 5.21. The van der Waals surface area contributed by atoms with E-state index < -0.39 is 17.7 Å². The van der Waals surface area contributed by atoms with Gasteiger partial charge in [0.05, 0.1) is 21.8 Å². The third-order valence-electron chi connectivity index (χ3n) is 6.00. The number of benzene rings is 3. The van der Waals surface area contributed by atoms with Gasteiger partial charge in [-0.2, -0.15) is 0 Å². The van der Waals surface area contributed by atoms with E-state index in [1.165, 1.54) is 28.4 Å². The number of aromatic hydroxyl groups is 1. The number of aliphatic hydroxyl groups is 1. The molecule has 1 atom stereocenters. The molecule has 1 aliphatic rings. The fraction of sp³-hybridized carbons (Fsp3) is 0.148. The highest BCUT2D eigenvalue weighted by molar-refractivity contribution is 7.22. The Morgan fingerprint density at radius 3 is 2.29 bits per heavy atom. The van der Waals surface area contributed by atoms with Crippen molar-refractivity contribution in [2.24, 2.45) is 0 Å². The highest BCUT2D eigenvalue weighted by atomic mass is 32.1. The molecule has 2 heterocycles. The molecule has 4 aromatic rings. The number of aryl methyl sites for hydroxylation is 3. The number of anilines is 1. The average Bonchev–Trinajstić information content (AvgIpc) is 3.33. The molecule has 170 valence electrons. The summed E-state index contributed by atoms with van der Waals surface area (Å²) in [4.78, 5) is 32.7. The van der Waals surface area contributed by atoms with Gasteiger partial charge in [-0.15, -0.1) is 0 Å². The summed E-state index contributed by atoms with van der Waals surface area (Å²) in [7, 11) is 0. The van der Waals surface area contributed by atoms with Crippen LogP contribution in [0.1, 0.15) is 33.9 Å². The van der Waals surface area contributed by atoms with Crippen molar-refractivity contribution in [3.05, 3.63) is 94.1 Å². The van der Waals surface area contributed by atoms with Crippen LogP contribution in [0, 0.1) is 20.8 Å². The van der Waals surface area contributed by atoms with Gasteiger partial charge < -0.3 is 10.2 Å². The Morgan fingerprint density at radius 1 is 0.941 bits per heavy atom. The molecule has 7 heteroatoms. The molecule has 3 aromatic carbocycles. The number of hydrogen-bond acceptors (Lipinski definition) is 6. The van der Waals surface area contributed by atoms with Gasteiger partial charge in [-0.1, -0.05) is 59.4 Å². The molecule has 1 saturated heterocycles. The summed E-state index contributed by atoms with van der Waals surface area (Å²) in [5.41, 5.74) is 4.86. The van der Waals surface area contributed by atoms with Gasteiger partial charge >= 0.3 is 5.91 Å². The molecule has 1 aliphatic heterocycles. The highest BCUT2D eigenvalue weighted by Gasteiger charge is 2.48. The lowest BCUT2D eigenvalue weighted by Gasteiger charge is -2.23. The van der Waals surface area contributed by atoms with Gasteiger partial charge in [-0.05, 0) is 55.7 Å². The predicted molar refractivity (Wildman–Crippen MR) is 133 cm³/mol. The zero-order chi connectivity index (χ0) is 24.1. The second-order valence-corrected chi connectivity index (χ2v) is 9.56. The molecule has 34 heavy (non-hydrogen) atoms. The van der Waals surface area contributed by atoms with Crippen LogP contribution in [-0.2, 0) is 9.59 Å². The van der Waals surface area contributed by atoms with Crippen molar-refractivity contribution >= 4 is 44.1 Å². The zero-order valence-electron chi connectivity index (χ0n) is 18.9. The van der Waals surface area contributed by atoms with Crippen LogP contribution in [0.3, 0.4) is 0 Å². The minimum atomic E-state index is -0.885. The van der Waals surface area contributed by atoms with Crippen LogP contribution in [0.15, 0.2) is 66.2 Å². The topological polar surface area (TPSA) is 90.7 Å². The molecule has 0 radical (unpaired) electrons. The molecule has 1 amide bonds. The number of Topliss-reactive ketones (excluding diaryl/α,β-unsaturated/α-hetero) is 1. The van der Waals surface area contributed by atoms with E-state index in [-0.39, 0.29) is 17.1 Å². The number of fused-ring (bicyclic) bond motifs is 1. The summed E-state index contributed by atoms with van der Waals surface area (Å²) in [5, 5.41) is 21.4. The second-order valence-electron chi connectivity index (χ2n) is 8.55. The van der Waals surface area contributed by atoms with E-state index in [2.05, 4.69) is 0 Å². The van der Waals surface area contributed by atoms with Gasteiger partial charge in [0.1, 0.15) is 11.5 Å². The van der Waals surface area contributed by atoms with Crippen LogP contribution in [0.5, 0.6) is 5.75 Å². The summed E-state index contributed by atoms with van der Waals surface area (Å²) in [5.74, 6) is -1.71. The lowest BCUT2D eigenvalue weighted by atomic mass is 9.95. The van der Waals surface area contributed by atoms with E-state index in [0.29, 0.717) is 16.3 Å². The van der Waals surface area contributed by atoms with E-state index in [1.807, 2.05) is 45.0 Å². The number of rotatable bonds is 3. The lowest BCUT2D eigenvalue weighted by molar-refractivity contribution is -0.132. The fourth-order valence-corrected chi connectivity index (χ4v) is 5.50. The number of phenolic OH excluding ortho intramolecular Hbond substituents is 1. The van der Waals surface area contributed by atoms with Gasteiger partial charge in [-0.25, -0.2) is 4.98 Å². The molecule has 5 rings (SSSR count). The van der Waals surface area contributed by atoms with Crippen molar-refractivity contribution in [1.29, 1.82) is 0 Å². The normalized spacial score (nSPS) is 17.6. The molecule has 1 fully saturated rings. The van der Waals surface area contributed by atoms with Crippen LogP contribution in [0.2, 0.25) is 0 Å². The first-order valence-corrected chi connectivity index (χ1v) is 11.6. The molecule has 0 spiro atoms. The SMILES string of the molecule is Cc1ccc(/C(O)=C2\C(=O)C(=O)N(c3nc4c(C)cc(C)cc4s3)C2c2ccc(O)cc2)cc1. The minimum Gasteiger partial charge on any atom is -0.508 e. The predicted octanol–water partition coefficient (Wildman–Crippen LogP) is 5.55. The summed E-state index contributed by atoms with van der Waals surface area (Å²) >= 11 is 1.33. The monoisotopic (exact) mass is 470 g/mol. The van der Waals surface area contributed by atoms with Crippen molar-refractivity contribution in [3.8, 4) is 5.75 Å². The summed E-state index contributed by atoms with van der Waals surface area (Å²) in [6, 6.07) is 16.5. The Balaban J connectivity index is 1.74. The number of nitrogens with zero attached hydrogens (tertiary/aromatic N) is 2. The molecule has 1 aromatic heterocycles. The molecule has 1 unspecified atom stereocenters. The zero-order valence-corrected chi connectivity index (χ0v) is 19.7. The largest absolute Gasteiger partial charge is 0.508 e. The van der Waals surface area contributed by atoms with Crippen molar-refractivity contribution in [2.45, 2.75) is 26.8 Å². The Bertz CT molecular complexity index is 1480. The molecule has 6 nitrogen and oxygen atoms in total. The maximum absolute atomic E-state index is 13.3. The summed E-state index contributed by atoms with van der Waals surface area (Å²) in [6.07, 6.45) is 0. The van der Waals surface area contributed by atoms with Crippen molar-refractivity contribution < 1.29 is 19.8 Å². The number of amides is 1. The van der Waals surface area contributed by atoms with Gasteiger partial charge in [0.2, 0.25) is 0 Å².